The van der Waals surface area contributed by atoms with Gasteiger partial charge >= 0.3 is 0 Å². The highest BCUT2D eigenvalue weighted by molar-refractivity contribution is 5.86. The summed E-state index contributed by atoms with van der Waals surface area (Å²) in [4.78, 5) is 0. The second-order valence-electron chi connectivity index (χ2n) is 5.05. The van der Waals surface area contributed by atoms with Crippen LogP contribution in [0.1, 0.15) is 19.4 Å². The Morgan fingerprint density at radius 3 is 2.47 bits per heavy atom. The van der Waals surface area contributed by atoms with Crippen LogP contribution in [0.2, 0.25) is 0 Å². The van der Waals surface area contributed by atoms with E-state index in [-0.39, 0.29) is 0 Å². The quantitative estimate of drug-likeness (QED) is 0.900. The Kier molecular flexibility index (Phi) is 4.23. The predicted molar refractivity (Wildman–Crippen MR) is 82.4 cm³/mol. The number of fused-ring (bicyclic) bond motifs is 1. The van der Waals surface area contributed by atoms with Crippen LogP contribution in [0.3, 0.4) is 0 Å². The first-order valence-corrected chi connectivity index (χ1v) is 6.62. The van der Waals surface area contributed by atoms with Gasteiger partial charge in [-0.05, 0) is 40.5 Å². The highest BCUT2D eigenvalue weighted by Crippen LogP contribution is 2.23. The molecule has 0 bridgehead atoms. The molecular weight excluding hydrogens is 234 g/mol. The summed E-state index contributed by atoms with van der Waals surface area (Å²) in [5, 5.41) is 2.41. The third-order valence-electron chi connectivity index (χ3n) is 3.40. The van der Waals surface area contributed by atoms with Crippen molar-refractivity contribution in [3.8, 4) is 5.75 Å². The molecule has 0 saturated carbocycles. The summed E-state index contributed by atoms with van der Waals surface area (Å²) >= 11 is 0. The number of benzene rings is 2. The van der Waals surface area contributed by atoms with E-state index in [9.17, 15) is 0 Å². The van der Waals surface area contributed by atoms with Crippen LogP contribution in [0.4, 0.5) is 0 Å². The second kappa shape index (κ2) is 5.89. The van der Waals surface area contributed by atoms with Crippen LogP contribution in [-0.4, -0.2) is 13.7 Å². The second-order valence-corrected chi connectivity index (χ2v) is 5.05. The van der Waals surface area contributed by atoms with Crippen molar-refractivity contribution >= 4 is 16.8 Å². The van der Waals surface area contributed by atoms with E-state index >= 15 is 0 Å². The van der Waals surface area contributed by atoms with E-state index in [2.05, 4.69) is 50.3 Å². The normalized spacial score (nSPS) is 12.2. The van der Waals surface area contributed by atoms with Gasteiger partial charge in [0.15, 0.2) is 0 Å². The van der Waals surface area contributed by atoms with Crippen molar-refractivity contribution in [2.45, 2.75) is 13.8 Å². The van der Waals surface area contributed by atoms with E-state index in [4.69, 9.17) is 10.5 Å². The van der Waals surface area contributed by atoms with Gasteiger partial charge in [0.25, 0.3) is 0 Å². The average Bonchev–Trinajstić information content (AvgIpc) is 2.43. The topological polar surface area (TPSA) is 35.2 Å². The van der Waals surface area contributed by atoms with E-state index in [1.54, 1.807) is 7.11 Å². The zero-order valence-corrected chi connectivity index (χ0v) is 11.8. The van der Waals surface area contributed by atoms with Crippen molar-refractivity contribution in [2.24, 2.45) is 11.7 Å². The molecule has 0 aliphatic rings. The van der Waals surface area contributed by atoms with E-state index in [1.807, 2.05) is 6.07 Å². The first kappa shape index (κ1) is 13.6. The largest absolute Gasteiger partial charge is 0.497 e. The zero-order valence-electron chi connectivity index (χ0n) is 11.8. The lowest BCUT2D eigenvalue weighted by atomic mass is 9.99. The Bertz CT molecular complexity index is 599. The minimum Gasteiger partial charge on any atom is -0.497 e. The highest BCUT2D eigenvalue weighted by atomic mass is 16.5. The Balaban J connectivity index is 2.42. The molecule has 0 aliphatic heterocycles. The molecule has 2 N–H and O–H groups in total. The van der Waals surface area contributed by atoms with E-state index in [1.165, 1.54) is 21.9 Å². The molecular formula is C17H21NO. The Labute approximate surface area is 114 Å². The van der Waals surface area contributed by atoms with Crippen molar-refractivity contribution in [2.75, 3.05) is 13.7 Å². The van der Waals surface area contributed by atoms with Gasteiger partial charge < -0.3 is 10.5 Å². The number of methoxy groups -OCH3 is 1. The van der Waals surface area contributed by atoms with Gasteiger partial charge in [-0.3, -0.25) is 0 Å². The summed E-state index contributed by atoms with van der Waals surface area (Å²) in [5.41, 5.74) is 8.26. The van der Waals surface area contributed by atoms with Gasteiger partial charge in [-0.15, -0.1) is 0 Å². The Morgan fingerprint density at radius 2 is 1.84 bits per heavy atom. The first-order valence-electron chi connectivity index (χ1n) is 6.62. The lowest BCUT2D eigenvalue weighted by Crippen LogP contribution is -2.08. The van der Waals surface area contributed by atoms with Crippen molar-refractivity contribution in [1.82, 2.24) is 0 Å². The zero-order chi connectivity index (χ0) is 13.8. The fraction of sp³-hybridized carbons (Fsp3) is 0.294. The third kappa shape index (κ3) is 3.15. The molecule has 2 nitrogen and oxygen atoms in total. The molecule has 2 rings (SSSR count). The highest BCUT2D eigenvalue weighted by Gasteiger charge is 2.02. The number of hydrogen-bond acceptors (Lipinski definition) is 2. The molecule has 0 radical (unpaired) electrons. The lowest BCUT2D eigenvalue weighted by molar-refractivity contribution is 0.415. The standard InChI is InChI=1S/C17H21NO/c1-12(2)16(11-18)9-13-4-5-15-10-17(19-3)7-6-14(15)8-13/h4-10,12H,11,18H2,1-3H3. The van der Waals surface area contributed by atoms with Gasteiger partial charge in [-0.25, -0.2) is 0 Å². The van der Waals surface area contributed by atoms with Crippen LogP contribution < -0.4 is 10.5 Å². The average molecular weight is 255 g/mol. The number of hydrogen-bond donors (Lipinski definition) is 1. The minimum atomic E-state index is 0.483. The van der Waals surface area contributed by atoms with Gasteiger partial charge in [-0.2, -0.15) is 0 Å². The van der Waals surface area contributed by atoms with Gasteiger partial charge in [0.05, 0.1) is 7.11 Å². The molecule has 0 unspecified atom stereocenters. The molecule has 2 heteroatoms. The van der Waals surface area contributed by atoms with Crippen molar-refractivity contribution in [1.29, 1.82) is 0 Å². The van der Waals surface area contributed by atoms with Gasteiger partial charge in [-0.1, -0.05) is 43.7 Å². The molecule has 2 aromatic carbocycles. The maximum atomic E-state index is 5.79. The van der Waals surface area contributed by atoms with Crippen LogP contribution in [0.15, 0.2) is 42.0 Å². The van der Waals surface area contributed by atoms with Crippen LogP contribution in [0.25, 0.3) is 16.8 Å². The summed E-state index contributed by atoms with van der Waals surface area (Å²) in [6.07, 6.45) is 2.19. The predicted octanol–water partition coefficient (Wildman–Crippen LogP) is 3.85. The van der Waals surface area contributed by atoms with E-state index in [0.29, 0.717) is 12.5 Å². The summed E-state index contributed by atoms with van der Waals surface area (Å²) in [6.45, 7) is 4.95. The number of ether oxygens (including phenoxy) is 1. The summed E-state index contributed by atoms with van der Waals surface area (Å²) in [7, 11) is 1.69. The molecule has 0 aliphatic carbocycles. The monoisotopic (exact) mass is 255 g/mol. The van der Waals surface area contributed by atoms with Gasteiger partial charge in [0.2, 0.25) is 0 Å². The molecule has 19 heavy (non-hydrogen) atoms. The summed E-state index contributed by atoms with van der Waals surface area (Å²) in [6, 6.07) is 12.6. The first-order chi connectivity index (χ1) is 9.13. The van der Waals surface area contributed by atoms with Crippen molar-refractivity contribution in [3.05, 3.63) is 47.5 Å². The smallest absolute Gasteiger partial charge is 0.119 e. The van der Waals surface area contributed by atoms with E-state index in [0.717, 1.165) is 5.75 Å². The fourth-order valence-corrected chi connectivity index (χ4v) is 2.13. The molecule has 0 saturated heterocycles. The molecule has 2 aromatic rings. The lowest BCUT2D eigenvalue weighted by Gasteiger charge is -2.09. The SMILES string of the molecule is COc1ccc2cc(C=C(CN)C(C)C)ccc2c1. The number of rotatable bonds is 4. The molecule has 0 aromatic heterocycles. The molecule has 0 fully saturated rings. The Morgan fingerprint density at radius 1 is 1.16 bits per heavy atom. The van der Waals surface area contributed by atoms with Gasteiger partial charge in [0.1, 0.15) is 5.75 Å². The molecule has 0 amide bonds. The summed E-state index contributed by atoms with van der Waals surface area (Å²) < 4.78 is 5.24. The van der Waals surface area contributed by atoms with Crippen molar-refractivity contribution < 1.29 is 4.74 Å². The molecule has 0 spiro atoms. The van der Waals surface area contributed by atoms with Crippen molar-refractivity contribution in [3.63, 3.8) is 0 Å². The Hall–Kier alpha value is -1.80. The molecule has 0 atom stereocenters. The van der Waals surface area contributed by atoms with Crippen LogP contribution >= 0.6 is 0 Å². The van der Waals surface area contributed by atoms with Crippen LogP contribution in [0.5, 0.6) is 5.75 Å². The molecule has 100 valence electrons. The summed E-state index contributed by atoms with van der Waals surface area (Å²) in [5.74, 6) is 1.37. The fourth-order valence-electron chi connectivity index (χ4n) is 2.13. The van der Waals surface area contributed by atoms with Crippen LogP contribution in [0, 0.1) is 5.92 Å². The van der Waals surface area contributed by atoms with E-state index < -0.39 is 0 Å². The third-order valence-corrected chi connectivity index (χ3v) is 3.40. The molecule has 0 heterocycles. The maximum Gasteiger partial charge on any atom is 0.119 e. The minimum absolute atomic E-state index is 0.483. The van der Waals surface area contributed by atoms with Crippen LogP contribution in [-0.2, 0) is 0 Å². The van der Waals surface area contributed by atoms with Gasteiger partial charge in [0, 0.05) is 6.54 Å². The number of nitrogens with two attached hydrogens (primary N) is 1. The maximum absolute atomic E-state index is 5.79.